The van der Waals surface area contributed by atoms with Gasteiger partial charge >= 0.3 is 17.9 Å². The van der Waals surface area contributed by atoms with Crippen LogP contribution in [0.5, 0.6) is 0 Å². The summed E-state index contributed by atoms with van der Waals surface area (Å²) in [5.74, 6) is -7.85. The largest absolute Gasteiger partial charge is 0.481 e. The second-order valence-electron chi connectivity index (χ2n) is 5.82. The summed E-state index contributed by atoms with van der Waals surface area (Å²) in [6.07, 6.45) is 0.580. The number of hydrogen-bond donors (Lipinski definition) is 3. The Balaban J connectivity index is 2.87. The molecule has 1 aromatic rings. The molecule has 0 amide bonds. The van der Waals surface area contributed by atoms with E-state index in [4.69, 9.17) is 5.11 Å². The van der Waals surface area contributed by atoms with Crippen molar-refractivity contribution in [2.45, 2.75) is 32.6 Å². The third-order valence-electron chi connectivity index (χ3n) is 4.24. The quantitative estimate of drug-likeness (QED) is 0.644. The molecule has 0 aliphatic rings. The van der Waals surface area contributed by atoms with Gasteiger partial charge in [0, 0.05) is 0 Å². The highest BCUT2D eigenvalue weighted by Gasteiger charge is 2.40. The molecule has 0 heterocycles. The van der Waals surface area contributed by atoms with Crippen LogP contribution in [0.25, 0.3) is 0 Å². The molecule has 6 nitrogen and oxygen atoms in total. The molecule has 0 aromatic heterocycles. The maximum atomic E-state index is 11.5. The van der Waals surface area contributed by atoms with Crippen LogP contribution in [0.1, 0.15) is 38.2 Å². The Morgan fingerprint density at radius 2 is 1.43 bits per heavy atom. The molecular weight excluding hydrogens is 300 g/mol. The highest BCUT2D eigenvalue weighted by molar-refractivity contribution is 5.85. The lowest BCUT2D eigenvalue weighted by molar-refractivity contribution is -0.161. The predicted molar refractivity (Wildman–Crippen MR) is 83.1 cm³/mol. The van der Waals surface area contributed by atoms with Gasteiger partial charge in [0.2, 0.25) is 0 Å². The van der Waals surface area contributed by atoms with E-state index in [1.807, 2.05) is 37.3 Å². The van der Waals surface area contributed by atoms with Crippen LogP contribution in [0.4, 0.5) is 0 Å². The summed E-state index contributed by atoms with van der Waals surface area (Å²) in [7, 11) is 0. The van der Waals surface area contributed by atoms with E-state index in [1.165, 1.54) is 6.92 Å². The van der Waals surface area contributed by atoms with Gasteiger partial charge in [0.25, 0.3) is 0 Å². The monoisotopic (exact) mass is 322 g/mol. The van der Waals surface area contributed by atoms with Crippen molar-refractivity contribution < 1.29 is 29.7 Å². The molecule has 3 N–H and O–H groups in total. The molecule has 4 unspecified atom stereocenters. The van der Waals surface area contributed by atoms with Gasteiger partial charge < -0.3 is 15.3 Å². The molecular formula is C17H22O6. The molecule has 0 saturated carbocycles. The normalized spacial score (nSPS) is 16.1. The van der Waals surface area contributed by atoms with Crippen molar-refractivity contribution in [1.82, 2.24) is 0 Å². The van der Waals surface area contributed by atoms with Crippen LogP contribution < -0.4 is 0 Å². The Hall–Kier alpha value is -2.37. The van der Waals surface area contributed by atoms with Crippen LogP contribution in [0.15, 0.2) is 30.3 Å². The molecule has 1 rings (SSSR count). The zero-order chi connectivity index (χ0) is 17.6. The minimum atomic E-state index is -1.45. The summed E-state index contributed by atoms with van der Waals surface area (Å²) in [5.41, 5.74) is 1.04. The third-order valence-corrected chi connectivity index (χ3v) is 4.24. The lowest BCUT2D eigenvalue weighted by Gasteiger charge is -2.24. The summed E-state index contributed by atoms with van der Waals surface area (Å²) < 4.78 is 0. The first-order chi connectivity index (χ1) is 10.8. The van der Waals surface area contributed by atoms with Crippen molar-refractivity contribution in [3.05, 3.63) is 35.9 Å². The van der Waals surface area contributed by atoms with E-state index in [2.05, 4.69) is 0 Å². The Morgan fingerprint density at radius 1 is 0.870 bits per heavy atom. The van der Waals surface area contributed by atoms with Gasteiger partial charge in [0.1, 0.15) is 0 Å². The highest BCUT2D eigenvalue weighted by atomic mass is 16.4. The van der Waals surface area contributed by atoms with Crippen LogP contribution in [0.3, 0.4) is 0 Å². The SMILES string of the molecule is CC(CCC(C(=O)O)C(C(=O)O)C(C)C(=O)O)c1ccccc1. The van der Waals surface area contributed by atoms with Gasteiger partial charge in [0.15, 0.2) is 0 Å². The number of hydrogen-bond acceptors (Lipinski definition) is 3. The van der Waals surface area contributed by atoms with E-state index in [1.54, 1.807) is 0 Å². The molecule has 0 radical (unpaired) electrons. The fraction of sp³-hybridized carbons (Fsp3) is 0.471. The second-order valence-corrected chi connectivity index (χ2v) is 5.82. The lowest BCUT2D eigenvalue weighted by Crippen LogP contribution is -2.37. The smallest absolute Gasteiger partial charge is 0.308 e. The average Bonchev–Trinajstić information content (AvgIpc) is 2.50. The van der Waals surface area contributed by atoms with Crippen LogP contribution in [0, 0.1) is 17.8 Å². The van der Waals surface area contributed by atoms with Gasteiger partial charge in [-0.05, 0) is 24.3 Å². The molecule has 1 aromatic carbocycles. The molecule has 23 heavy (non-hydrogen) atoms. The summed E-state index contributed by atoms with van der Waals surface area (Å²) in [6, 6.07) is 9.50. The Labute approximate surface area is 134 Å². The van der Waals surface area contributed by atoms with Crippen LogP contribution in [-0.4, -0.2) is 33.2 Å². The second kappa shape index (κ2) is 8.31. The maximum absolute atomic E-state index is 11.5. The van der Waals surface area contributed by atoms with E-state index in [-0.39, 0.29) is 12.3 Å². The standard InChI is InChI=1S/C17H22O6/c1-10(12-6-4-3-5-7-12)8-9-13(16(20)21)14(17(22)23)11(2)15(18)19/h3-7,10-11,13-14H,8-9H2,1-2H3,(H,18,19)(H,20,21)(H,22,23). The molecule has 126 valence electrons. The highest BCUT2D eigenvalue weighted by Crippen LogP contribution is 2.30. The molecule has 0 fully saturated rings. The van der Waals surface area contributed by atoms with Gasteiger partial charge in [-0.15, -0.1) is 0 Å². The Morgan fingerprint density at radius 3 is 1.87 bits per heavy atom. The maximum Gasteiger partial charge on any atom is 0.308 e. The van der Waals surface area contributed by atoms with Crippen molar-refractivity contribution in [2.75, 3.05) is 0 Å². The third kappa shape index (κ3) is 5.09. The number of benzene rings is 1. The molecule has 6 heteroatoms. The Bertz CT molecular complexity index is 553. The van der Waals surface area contributed by atoms with Gasteiger partial charge in [-0.3, -0.25) is 14.4 Å². The number of aliphatic carboxylic acids is 3. The van der Waals surface area contributed by atoms with Crippen LogP contribution in [0.2, 0.25) is 0 Å². The van der Waals surface area contributed by atoms with Crippen LogP contribution in [-0.2, 0) is 14.4 Å². The summed E-state index contributed by atoms with van der Waals surface area (Å²) in [6.45, 7) is 3.17. The topological polar surface area (TPSA) is 112 Å². The number of carboxylic acids is 3. The fourth-order valence-corrected chi connectivity index (χ4v) is 2.72. The number of rotatable bonds is 9. The van der Waals surface area contributed by atoms with Gasteiger partial charge in [-0.1, -0.05) is 44.2 Å². The zero-order valence-corrected chi connectivity index (χ0v) is 13.2. The Kier molecular flexibility index (Phi) is 6.75. The molecule has 0 aliphatic heterocycles. The molecule has 0 spiro atoms. The molecule has 0 bridgehead atoms. The van der Waals surface area contributed by atoms with E-state index in [0.29, 0.717) is 6.42 Å². The first-order valence-electron chi connectivity index (χ1n) is 7.49. The number of carbonyl (C=O) groups is 3. The van der Waals surface area contributed by atoms with Crippen molar-refractivity contribution in [3.8, 4) is 0 Å². The van der Waals surface area contributed by atoms with E-state index in [9.17, 15) is 24.6 Å². The summed E-state index contributed by atoms with van der Waals surface area (Å²) in [5, 5.41) is 27.6. The van der Waals surface area contributed by atoms with E-state index in [0.717, 1.165) is 5.56 Å². The van der Waals surface area contributed by atoms with Gasteiger partial charge in [0.05, 0.1) is 17.8 Å². The van der Waals surface area contributed by atoms with Crippen molar-refractivity contribution in [3.63, 3.8) is 0 Å². The van der Waals surface area contributed by atoms with Gasteiger partial charge in [-0.25, -0.2) is 0 Å². The van der Waals surface area contributed by atoms with Crippen molar-refractivity contribution in [1.29, 1.82) is 0 Å². The predicted octanol–water partition coefficient (Wildman–Crippen LogP) is 2.69. The fourth-order valence-electron chi connectivity index (χ4n) is 2.72. The summed E-state index contributed by atoms with van der Waals surface area (Å²) in [4.78, 5) is 33.9. The molecule has 0 aliphatic carbocycles. The number of carboxylic acid groups (broad SMARTS) is 3. The van der Waals surface area contributed by atoms with E-state index < -0.39 is 35.7 Å². The van der Waals surface area contributed by atoms with Crippen LogP contribution >= 0.6 is 0 Å². The first kappa shape index (κ1) is 18.7. The van der Waals surface area contributed by atoms with Gasteiger partial charge in [-0.2, -0.15) is 0 Å². The lowest BCUT2D eigenvalue weighted by atomic mass is 9.78. The van der Waals surface area contributed by atoms with E-state index >= 15 is 0 Å². The minimum Gasteiger partial charge on any atom is -0.481 e. The minimum absolute atomic E-state index is 0.0626. The molecule has 4 atom stereocenters. The summed E-state index contributed by atoms with van der Waals surface area (Å²) >= 11 is 0. The first-order valence-corrected chi connectivity index (χ1v) is 7.49. The van der Waals surface area contributed by atoms with Crippen molar-refractivity contribution >= 4 is 17.9 Å². The average molecular weight is 322 g/mol. The zero-order valence-electron chi connectivity index (χ0n) is 13.2. The molecule has 0 saturated heterocycles. The van der Waals surface area contributed by atoms with Crippen molar-refractivity contribution in [2.24, 2.45) is 17.8 Å².